The summed E-state index contributed by atoms with van der Waals surface area (Å²) < 4.78 is 9.18. The van der Waals surface area contributed by atoms with Gasteiger partial charge in [-0.05, 0) is 25.1 Å². The molecule has 0 aliphatic carbocycles. The molecular weight excluding hydrogens is 382 g/mol. The first-order valence-corrected chi connectivity index (χ1v) is 9.78. The van der Waals surface area contributed by atoms with Gasteiger partial charge in [-0.25, -0.2) is 9.67 Å². The standard InChI is InChI=1S/C20H21N9O/c1-13-12-30-10-9-28(13)17-11-15(16-4-7-23-29(16)8-5-21)24-19-18(14-3-6-22-25-14)26-27(2)20(17)19/h3-4,6-7,11,13H,8-10,12H2,1-2H3,(H,22,25). The monoisotopic (exact) mass is 403 g/mol. The van der Waals surface area contributed by atoms with E-state index >= 15 is 0 Å². The lowest BCUT2D eigenvalue weighted by molar-refractivity contribution is 0.0990. The number of fused-ring (bicyclic) bond motifs is 1. The maximum Gasteiger partial charge on any atom is 0.136 e. The summed E-state index contributed by atoms with van der Waals surface area (Å²) in [5, 5.41) is 25.3. The van der Waals surface area contributed by atoms with Crippen LogP contribution < -0.4 is 4.90 Å². The van der Waals surface area contributed by atoms with Crippen LogP contribution in [-0.4, -0.2) is 60.5 Å². The zero-order chi connectivity index (χ0) is 20.7. The number of anilines is 1. The van der Waals surface area contributed by atoms with Crippen molar-refractivity contribution < 1.29 is 4.74 Å². The van der Waals surface area contributed by atoms with E-state index in [1.165, 1.54) is 0 Å². The fourth-order valence-corrected chi connectivity index (χ4v) is 4.00. The highest BCUT2D eigenvalue weighted by atomic mass is 16.5. The van der Waals surface area contributed by atoms with E-state index in [1.54, 1.807) is 17.1 Å². The van der Waals surface area contributed by atoms with Crippen molar-refractivity contribution >= 4 is 16.7 Å². The zero-order valence-electron chi connectivity index (χ0n) is 16.8. The topological polar surface area (TPSA) is 113 Å². The van der Waals surface area contributed by atoms with Gasteiger partial charge in [0.15, 0.2) is 0 Å². The summed E-state index contributed by atoms with van der Waals surface area (Å²) in [7, 11) is 1.93. The minimum Gasteiger partial charge on any atom is -0.377 e. The predicted molar refractivity (Wildman–Crippen MR) is 111 cm³/mol. The van der Waals surface area contributed by atoms with E-state index in [2.05, 4.69) is 39.3 Å². The number of rotatable bonds is 4. The van der Waals surface area contributed by atoms with E-state index in [1.807, 2.05) is 23.9 Å². The lowest BCUT2D eigenvalue weighted by Gasteiger charge is -2.35. The molecule has 0 bridgehead atoms. The van der Waals surface area contributed by atoms with E-state index in [9.17, 15) is 0 Å². The molecule has 1 fully saturated rings. The Hall–Kier alpha value is -3.71. The highest BCUT2D eigenvalue weighted by Crippen LogP contribution is 2.36. The molecule has 1 saturated heterocycles. The van der Waals surface area contributed by atoms with Gasteiger partial charge in [0.25, 0.3) is 0 Å². The molecule has 5 heterocycles. The Morgan fingerprint density at radius 2 is 2.23 bits per heavy atom. The number of nitrogens with zero attached hydrogens (tertiary/aromatic N) is 8. The van der Waals surface area contributed by atoms with Crippen LogP contribution in [0.2, 0.25) is 0 Å². The van der Waals surface area contributed by atoms with Crippen LogP contribution in [0.5, 0.6) is 0 Å². The largest absolute Gasteiger partial charge is 0.377 e. The van der Waals surface area contributed by atoms with Crippen LogP contribution in [0.1, 0.15) is 6.92 Å². The summed E-state index contributed by atoms with van der Waals surface area (Å²) in [6.07, 6.45) is 3.39. The summed E-state index contributed by atoms with van der Waals surface area (Å²) >= 11 is 0. The molecule has 0 spiro atoms. The number of aromatic amines is 1. The number of H-pyrrole nitrogens is 1. The Morgan fingerprint density at radius 3 is 3.00 bits per heavy atom. The average molecular weight is 403 g/mol. The molecule has 5 rings (SSSR count). The molecular formula is C20H21N9O. The smallest absolute Gasteiger partial charge is 0.136 e. The lowest BCUT2D eigenvalue weighted by Crippen LogP contribution is -2.44. The van der Waals surface area contributed by atoms with Gasteiger partial charge in [0.1, 0.15) is 23.3 Å². The number of morpholine rings is 1. The molecule has 1 atom stereocenters. The van der Waals surface area contributed by atoms with E-state index < -0.39 is 0 Å². The maximum absolute atomic E-state index is 9.17. The van der Waals surface area contributed by atoms with Crippen molar-refractivity contribution in [1.29, 1.82) is 5.26 Å². The third kappa shape index (κ3) is 2.91. The van der Waals surface area contributed by atoms with Gasteiger partial charge >= 0.3 is 0 Å². The molecule has 0 amide bonds. The van der Waals surface area contributed by atoms with E-state index in [4.69, 9.17) is 20.1 Å². The molecule has 10 nitrogen and oxygen atoms in total. The second-order valence-electron chi connectivity index (χ2n) is 7.32. The van der Waals surface area contributed by atoms with Crippen molar-refractivity contribution in [2.45, 2.75) is 19.5 Å². The van der Waals surface area contributed by atoms with Crippen molar-refractivity contribution in [3.8, 4) is 28.8 Å². The van der Waals surface area contributed by atoms with Crippen LogP contribution in [0.15, 0.2) is 30.6 Å². The summed E-state index contributed by atoms with van der Waals surface area (Å²) in [4.78, 5) is 7.29. The Labute approximate surface area is 172 Å². The number of nitrogens with one attached hydrogen (secondary N) is 1. The molecule has 1 aliphatic rings. The quantitative estimate of drug-likeness (QED) is 0.554. The minimum atomic E-state index is 0.159. The van der Waals surface area contributed by atoms with Crippen molar-refractivity contribution in [2.75, 3.05) is 24.7 Å². The van der Waals surface area contributed by atoms with Crippen molar-refractivity contribution in [3.05, 3.63) is 30.6 Å². The Kier molecular flexibility index (Phi) is 4.44. The molecule has 30 heavy (non-hydrogen) atoms. The van der Waals surface area contributed by atoms with Crippen LogP contribution >= 0.6 is 0 Å². The van der Waals surface area contributed by atoms with Gasteiger partial charge in [0.2, 0.25) is 0 Å². The number of aryl methyl sites for hydroxylation is 1. The Balaban J connectivity index is 1.78. The zero-order valence-corrected chi connectivity index (χ0v) is 16.8. The van der Waals surface area contributed by atoms with E-state index in [-0.39, 0.29) is 12.6 Å². The second kappa shape index (κ2) is 7.27. The fraction of sp³-hybridized carbons (Fsp3) is 0.350. The average Bonchev–Trinajstić information content (AvgIpc) is 3.49. The van der Waals surface area contributed by atoms with Gasteiger partial charge in [-0.2, -0.15) is 20.6 Å². The lowest BCUT2D eigenvalue weighted by atomic mass is 10.1. The van der Waals surface area contributed by atoms with Gasteiger partial charge in [-0.15, -0.1) is 0 Å². The summed E-state index contributed by atoms with van der Waals surface area (Å²) in [5.41, 5.74) is 5.84. The first kappa shape index (κ1) is 18.3. The molecule has 0 radical (unpaired) electrons. The first-order valence-electron chi connectivity index (χ1n) is 9.78. The number of nitriles is 1. The second-order valence-corrected chi connectivity index (χ2v) is 7.32. The molecule has 0 aromatic carbocycles. The van der Waals surface area contributed by atoms with E-state index in [0.717, 1.165) is 46.0 Å². The van der Waals surface area contributed by atoms with Crippen LogP contribution in [-0.2, 0) is 18.3 Å². The van der Waals surface area contributed by atoms with Gasteiger partial charge in [-0.3, -0.25) is 9.78 Å². The Morgan fingerprint density at radius 1 is 1.33 bits per heavy atom. The van der Waals surface area contributed by atoms with Gasteiger partial charge in [0, 0.05) is 32.0 Å². The van der Waals surface area contributed by atoms with Gasteiger partial charge in [0.05, 0.1) is 42.1 Å². The molecule has 0 saturated carbocycles. The SMILES string of the molecule is CC1COCCN1c1cc(-c2ccnn2CC#N)nc2c(-c3ccn[nH]3)nn(C)c12. The third-order valence-electron chi connectivity index (χ3n) is 5.40. The summed E-state index contributed by atoms with van der Waals surface area (Å²) in [6, 6.07) is 8.20. The summed E-state index contributed by atoms with van der Waals surface area (Å²) in [6.45, 7) is 4.42. The number of aromatic nitrogens is 7. The molecule has 4 aromatic heterocycles. The molecule has 1 N–H and O–H groups in total. The number of pyridine rings is 1. The Bertz CT molecular complexity index is 1230. The molecule has 1 unspecified atom stereocenters. The maximum atomic E-state index is 9.17. The number of ether oxygens (including phenoxy) is 1. The molecule has 4 aromatic rings. The molecule has 152 valence electrons. The van der Waals surface area contributed by atoms with Gasteiger partial charge < -0.3 is 9.64 Å². The molecule has 1 aliphatic heterocycles. The first-order chi connectivity index (χ1) is 14.7. The molecule has 10 heteroatoms. The van der Waals surface area contributed by atoms with Crippen LogP contribution in [0, 0.1) is 11.3 Å². The fourth-order valence-electron chi connectivity index (χ4n) is 4.00. The van der Waals surface area contributed by atoms with Gasteiger partial charge in [-0.1, -0.05) is 0 Å². The normalized spacial score (nSPS) is 16.8. The summed E-state index contributed by atoms with van der Waals surface area (Å²) in [5.74, 6) is 0. The highest BCUT2D eigenvalue weighted by molar-refractivity contribution is 5.98. The van der Waals surface area contributed by atoms with Crippen molar-refractivity contribution in [2.24, 2.45) is 7.05 Å². The van der Waals surface area contributed by atoms with E-state index in [0.29, 0.717) is 13.2 Å². The van der Waals surface area contributed by atoms with Crippen LogP contribution in [0.3, 0.4) is 0 Å². The highest BCUT2D eigenvalue weighted by Gasteiger charge is 2.26. The number of hydrogen-bond donors (Lipinski definition) is 1. The predicted octanol–water partition coefficient (Wildman–Crippen LogP) is 1.97. The number of hydrogen-bond acceptors (Lipinski definition) is 7. The minimum absolute atomic E-state index is 0.159. The van der Waals surface area contributed by atoms with Crippen LogP contribution in [0.25, 0.3) is 33.8 Å². The third-order valence-corrected chi connectivity index (χ3v) is 5.40. The van der Waals surface area contributed by atoms with Crippen molar-refractivity contribution in [1.82, 2.24) is 34.7 Å². The van der Waals surface area contributed by atoms with Crippen LogP contribution in [0.4, 0.5) is 5.69 Å². The van der Waals surface area contributed by atoms with Crippen molar-refractivity contribution in [3.63, 3.8) is 0 Å².